The van der Waals surface area contributed by atoms with E-state index in [-0.39, 0.29) is 10.6 Å². The van der Waals surface area contributed by atoms with Gasteiger partial charge in [0.1, 0.15) is 16.4 Å². The van der Waals surface area contributed by atoms with Crippen LogP contribution in [0.5, 0.6) is 11.5 Å². The van der Waals surface area contributed by atoms with Crippen LogP contribution in [0.15, 0.2) is 59.5 Å². The lowest BCUT2D eigenvalue weighted by atomic mass is 10.1. The molecule has 0 amide bonds. The fourth-order valence-corrected chi connectivity index (χ4v) is 4.90. The van der Waals surface area contributed by atoms with Crippen LogP contribution in [0.2, 0.25) is 0 Å². The average Bonchev–Trinajstić information content (AvgIpc) is 2.84. The second kappa shape index (κ2) is 9.44. The molecule has 168 valence electrons. The van der Waals surface area contributed by atoms with E-state index in [1.165, 1.54) is 45.6 Å². The fraction of sp³-hybridized carbons (Fsp3) is 0.304. The third kappa shape index (κ3) is 4.77. The van der Waals surface area contributed by atoms with Gasteiger partial charge in [0.05, 0.1) is 19.9 Å². The van der Waals surface area contributed by atoms with Gasteiger partial charge in [0.25, 0.3) is 10.0 Å². The molecule has 0 spiro atoms. The molecule has 1 aliphatic heterocycles. The van der Waals surface area contributed by atoms with E-state index >= 15 is 0 Å². The summed E-state index contributed by atoms with van der Waals surface area (Å²) in [4.78, 5) is 2.29. The van der Waals surface area contributed by atoms with Crippen molar-refractivity contribution in [3.05, 3.63) is 54.6 Å². The average molecular weight is 455 g/mol. The van der Waals surface area contributed by atoms with E-state index in [4.69, 9.17) is 9.47 Å². The number of ether oxygens (including phenoxy) is 2. The first-order valence-corrected chi connectivity index (χ1v) is 11.9. The van der Waals surface area contributed by atoms with Gasteiger partial charge in [-0.15, -0.1) is 10.2 Å². The molecule has 0 saturated carbocycles. The summed E-state index contributed by atoms with van der Waals surface area (Å²) >= 11 is 0. The predicted molar refractivity (Wildman–Crippen MR) is 124 cm³/mol. The summed E-state index contributed by atoms with van der Waals surface area (Å²) in [6, 6.07) is 15.5. The second-order valence-electron chi connectivity index (χ2n) is 7.52. The molecule has 0 unspecified atom stereocenters. The van der Waals surface area contributed by atoms with Gasteiger partial charge in [0.15, 0.2) is 5.82 Å². The van der Waals surface area contributed by atoms with E-state index in [1.54, 1.807) is 18.2 Å². The molecule has 2 heterocycles. The number of methoxy groups -OCH3 is 2. The number of hydrogen-bond acceptors (Lipinski definition) is 7. The number of nitrogens with one attached hydrogen (secondary N) is 1. The Hall–Kier alpha value is -3.33. The summed E-state index contributed by atoms with van der Waals surface area (Å²) in [5, 5.41) is 8.73. The third-order valence-corrected chi connectivity index (χ3v) is 6.84. The lowest BCUT2D eigenvalue weighted by Gasteiger charge is -2.27. The normalized spacial score (nSPS) is 14.1. The minimum atomic E-state index is -3.84. The molecule has 1 fully saturated rings. The Bertz CT molecular complexity index is 1160. The van der Waals surface area contributed by atoms with Gasteiger partial charge in [-0.05, 0) is 55.7 Å². The number of nitrogens with zero attached hydrogens (tertiary/aromatic N) is 3. The largest absolute Gasteiger partial charge is 0.497 e. The van der Waals surface area contributed by atoms with Crippen LogP contribution in [-0.4, -0.2) is 45.9 Å². The highest BCUT2D eigenvalue weighted by Gasteiger charge is 2.20. The van der Waals surface area contributed by atoms with E-state index in [2.05, 4.69) is 19.8 Å². The molecule has 1 aliphatic rings. The molecular weight excluding hydrogens is 428 g/mol. The second-order valence-corrected chi connectivity index (χ2v) is 9.17. The number of aromatic nitrogens is 2. The van der Waals surface area contributed by atoms with Crippen LogP contribution >= 0.6 is 0 Å². The zero-order valence-corrected chi connectivity index (χ0v) is 18.9. The molecular formula is C23H26N4O4S. The van der Waals surface area contributed by atoms with Gasteiger partial charge in [-0.25, -0.2) is 8.42 Å². The molecule has 8 nitrogen and oxygen atoms in total. The van der Waals surface area contributed by atoms with E-state index in [0.717, 1.165) is 30.2 Å². The monoisotopic (exact) mass is 454 g/mol. The lowest BCUT2D eigenvalue weighted by Crippen LogP contribution is -2.30. The summed E-state index contributed by atoms with van der Waals surface area (Å²) in [5.74, 6) is 1.61. The van der Waals surface area contributed by atoms with Crippen molar-refractivity contribution >= 4 is 21.5 Å². The number of sulfonamides is 1. The van der Waals surface area contributed by atoms with E-state index in [0.29, 0.717) is 11.4 Å². The maximum atomic E-state index is 12.9. The first-order valence-electron chi connectivity index (χ1n) is 10.4. The molecule has 2 aromatic carbocycles. The molecule has 0 aliphatic carbocycles. The summed E-state index contributed by atoms with van der Waals surface area (Å²) < 4.78 is 38.7. The van der Waals surface area contributed by atoms with Crippen LogP contribution in [0.1, 0.15) is 19.3 Å². The van der Waals surface area contributed by atoms with E-state index in [1.807, 2.05) is 24.3 Å². The maximum absolute atomic E-state index is 12.9. The van der Waals surface area contributed by atoms with Crippen molar-refractivity contribution in [2.24, 2.45) is 0 Å². The van der Waals surface area contributed by atoms with E-state index < -0.39 is 10.0 Å². The Kier molecular flexibility index (Phi) is 6.45. The van der Waals surface area contributed by atoms with Gasteiger partial charge in [-0.2, -0.15) is 0 Å². The number of hydrogen-bond donors (Lipinski definition) is 1. The Balaban J connectivity index is 1.49. The van der Waals surface area contributed by atoms with Crippen LogP contribution in [0.25, 0.3) is 11.3 Å². The molecule has 9 heteroatoms. The molecule has 1 saturated heterocycles. The van der Waals surface area contributed by atoms with Gasteiger partial charge in [-0.3, -0.25) is 4.72 Å². The Morgan fingerprint density at radius 2 is 1.62 bits per heavy atom. The number of rotatable bonds is 7. The van der Waals surface area contributed by atoms with Crippen LogP contribution < -0.4 is 19.1 Å². The highest BCUT2D eigenvalue weighted by atomic mass is 32.2. The van der Waals surface area contributed by atoms with Crippen molar-refractivity contribution < 1.29 is 17.9 Å². The molecule has 0 atom stereocenters. The maximum Gasteiger partial charge on any atom is 0.265 e. The number of piperidine rings is 1. The zero-order chi connectivity index (χ0) is 22.6. The summed E-state index contributed by atoms with van der Waals surface area (Å²) in [6.45, 7) is 2.03. The molecule has 1 aromatic heterocycles. The molecule has 0 bridgehead atoms. The molecule has 3 aromatic rings. The molecule has 32 heavy (non-hydrogen) atoms. The van der Waals surface area contributed by atoms with Gasteiger partial charge in [-0.1, -0.05) is 12.1 Å². The smallest absolute Gasteiger partial charge is 0.265 e. The molecule has 0 radical (unpaired) electrons. The third-order valence-electron chi connectivity index (χ3n) is 5.42. The van der Waals surface area contributed by atoms with Gasteiger partial charge in [0, 0.05) is 30.4 Å². The SMILES string of the molecule is COc1ccc(S(=O)(=O)Nc2ccc(-c3ccc(N4CCCCC4)nn3)cc2)c(OC)c1. The van der Waals surface area contributed by atoms with Crippen molar-refractivity contribution in [3.8, 4) is 22.8 Å². The van der Waals surface area contributed by atoms with Crippen LogP contribution in [0.4, 0.5) is 11.5 Å². The lowest BCUT2D eigenvalue weighted by molar-refractivity contribution is 0.386. The predicted octanol–water partition coefficient (Wildman–Crippen LogP) is 3.95. The van der Waals surface area contributed by atoms with Crippen molar-refractivity contribution in [3.63, 3.8) is 0 Å². The van der Waals surface area contributed by atoms with Crippen LogP contribution in [0, 0.1) is 0 Å². The van der Waals surface area contributed by atoms with Gasteiger partial charge >= 0.3 is 0 Å². The first kappa shape index (κ1) is 21.9. The van der Waals surface area contributed by atoms with Crippen molar-refractivity contribution in [1.29, 1.82) is 0 Å². The van der Waals surface area contributed by atoms with Gasteiger partial charge < -0.3 is 14.4 Å². The molecule has 4 rings (SSSR count). The molecule has 1 N–H and O–H groups in total. The summed E-state index contributed by atoms with van der Waals surface area (Å²) in [6.07, 6.45) is 3.63. The Morgan fingerprint density at radius 3 is 2.25 bits per heavy atom. The van der Waals surface area contributed by atoms with Crippen LogP contribution in [0.3, 0.4) is 0 Å². The summed E-state index contributed by atoms with van der Waals surface area (Å²) in [7, 11) is -0.916. The standard InChI is InChI=1S/C23H26N4O4S/c1-30-19-10-12-22(21(16-19)31-2)32(28,29)26-18-8-6-17(7-9-18)20-11-13-23(25-24-20)27-14-4-3-5-15-27/h6-13,16,26H,3-5,14-15H2,1-2H3. The highest BCUT2D eigenvalue weighted by molar-refractivity contribution is 7.92. The fourth-order valence-electron chi connectivity index (χ4n) is 3.69. The van der Waals surface area contributed by atoms with Crippen molar-refractivity contribution in [1.82, 2.24) is 10.2 Å². The minimum Gasteiger partial charge on any atom is -0.497 e. The van der Waals surface area contributed by atoms with Gasteiger partial charge in [0.2, 0.25) is 0 Å². The number of anilines is 2. The minimum absolute atomic E-state index is 0.0315. The number of benzene rings is 2. The highest BCUT2D eigenvalue weighted by Crippen LogP contribution is 2.30. The summed E-state index contributed by atoms with van der Waals surface area (Å²) in [5.41, 5.74) is 2.02. The topological polar surface area (TPSA) is 93.7 Å². The van der Waals surface area contributed by atoms with E-state index in [9.17, 15) is 8.42 Å². The zero-order valence-electron chi connectivity index (χ0n) is 18.1. The van der Waals surface area contributed by atoms with Crippen molar-refractivity contribution in [2.75, 3.05) is 36.9 Å². The van der Waals surface area contributed by atoms with Crippen LogP contribution in [-0.2, 0) is 10.0 Å². The Labute approximate surface area is 188 Å². The van der Waals surface area contributed by atoms with Crippen molar-refractivity contribution in [2.45, 2.75) is 24.2 Å². The first-order chi connectivity index (χ1) is 15.5. The quantitative estimate of drug-likeness (QED) is 0.578. The Morgan fingerprint density at radius 1 is 0.875 bits per heavy atom.